The van der Waals surface area contributed by atoms with Gasteiger partial charge in [0.15, 0.2) is 11.5 Å². The molecule has 0 atom stereocenters. The number of nitrogens with one attached hydrogen (secondary N) is 1. The number of benzene rings is 1. The second kappa shape index (κ2) is 7.96. The van der Waals surface area contributed by atoms with Gasteiger partial charge in [0.05, 0.1) is 13.2 Å². The van der Waals surface area contributed by atoms with Gasteiger partial charge < -0.3 is 19.9 Å². The molecule has 0 radical (unpaired) electrons. The van der Waals surface area contributed by atoms with Crippen LogP contribution in [0.5, 0.6) is 11.5 Å². The highest BCUT2D eigenvalue weighted by Crippen LogP contribution is 2.26. The molecule has 1 aromatic carbocycles. The van der Waals surface area contributed by atoms with Crippen LogP contribution in [0.25, 0.3) is 0 Å². The minimum absolute atomic E-state index is 0.0179. The molecule has 0 aliphatic carbocycles. The molecule has 1 rings (SSSR count). The second-order valence-corrected chi connectivity index (χ2v) is 4.08. The summed E-state index contributed by atoms with van der Waals surface area (Å²) in [5.41, 5.74) is 0.863. The summed E-state index contributed by atoms with van der Waals surface area (Å²) in [7, 11) is 0. The number of hydrogen-bond acceptors (Lipinski definition) is 4. The van der Waals surface area contributed by atoms with E-state index in [0.717, 1.165) is 5.56 Å². The maximum absolute atomic E-state index is 11.8. The van der Waals surface area contributed by atoms with E-state index in [1.165, 1.54) is 6.07 Å². The van der Waals surface area contributed by atoms with E-state index >= 15 is 0 Å². The Hall–Kier alpha value is -1.47. The van der Waals surface area contributed by atoms with Gasteiger partial charge in [-0.25, -0.2) is 0 Å². The lowest BCUT2D eigenvalue weighted by atomic mass is 10.2. The molecule has 0 heterocycles. The third-order valence-electron chi connectivity index (χ3n) is 2.34. The van der Waals surface area contributed by atoms with Crippen LogP contribution in [0.15, 0.2) is 18.2 Å². The fraction of sp³-hybridized carbons (Fsp3) is 0.538. The van der Waals surface area contributed by atoms with Crippen molar-refractivity contribution in [2.24, 2.45) is 0 Å². The van der Waals surface area contributed by atoms with Gasteiger partial charge in [-0.05, 0) is 24.6 Å². The highest BCUT2D eigenvalue weighted by molar-refractivity contribution is 5.41. The zero-order valence-corrected chi connectivity index (χ0v) is 11.2. The van der Waals surface area contributed by atoms with E-state index in [-0.39, 0.29) is 12.4 Å². The van der Waals surface area contributed by atoms with E-state index in [1.807, 2.05) is 6.92 Å². The first-order valence-electron chi connectivity index (χ1n) is 6.22. The maximum Gasteiger partial charge on any atom is 0.411 e. The number of phenolic OH excluding ortho intramolecular Hbond substituents is 1. The molecular formula is C13H18F3NO3. The van der Waals surface area contributed by atoms with Crippen LogP contribution in [0.3, 0.4) is 0 Å². The maximum atomic E-state index is 11.8. The predicted molar refractivity (Wildman–Crippen MR) is 67.9 cm³/mol. The molecule has 0 spiro atoms. The molecule has 0 aliphatic heterocycles. The average molecular weight is 293 g/mol. The molecule has 2 N–H and O–H groups in total. The minimum atomic E-state index is -4.29. The zero-order chi connectivity index (χ0) is 15.0. The topological polar surface area (TPSA) is 50.7 Å². The van der Waals surface area contributed by atoms with Crippen molar-refractivity contribution in [2.45, 2.75) is 19.6 Å². The van der Waals surface area contributed by atoms with Crippen molar-refractivity contribution in [2.75, 3.05) is 26.4 Å². The standard InChI is InChI=1S/C13H18F3NO3/c1-2-20-12-7-10(3-4-11(12)18)8-17-5-6-19-9-13(14,15)16/h3-4,7,17-18H,2,5-6,8-9H2,1H3. The van der Waals surface area contributed by atoms with E-state index in [2.05, 4.69) is 10.1 Å². The summed E-state index contributed by atoms with van der Waals surface area (Å²) in [6, 6.07) is 4.91. The molecule has 0 fully saturated rings. The fourth-order valence-corrected chi connectivity index (χ4v) is 1.50. The molecule has 4 nitrogen and oxygen atoms in total. The van der Waals surface area contributed by atoms with Gasteiger partial charge in [0, 0.05) is 13.1 Å². The summed E-state index contributed by atoms with van der Waals surface area (Å²) in [4.78, 5) is 0. The predicted octanol–water partition coefficient (Wildman–Crippen LogP) is 2.46. The Morgan fingerprint density at radius 3 is 2.70 bits per heavy atom. The quantitative estimate of drug-likeness (QED) is 0.723. The third-order valence-corrected chi connectivity index (χ3v) is 2.34. The Morgan fingerprint density at radius 1 is 1.30 bits per heavy atom. The second-order valence-electron chi connectivity index (χ2n) is 4.08. The molecule has 0 saturated heterocycles. The number of hydrogen-bond donors (Lipinski definition) is 2. The van der Waals surface area contributed by atoms with Gasteiger partial charge in [0.1, 0.15) is 6.61 Å². The summed E-state index contributed by atoms with van der Waals surface area (Å²) in [6.07, 6.45) is -4.29. The first-order valence-corrected chi connectivity index (χ1v) is 6.22. The van der Waals surface area contributed by atoms with Gasteiger partial charge >= 0.3 is 6.18 Å². The van der Waals surface area contributed by atoms with Crippen molar-refractivity contribution in [1.82, 2.24) is 5.32 Å². The number of phenols is 1. The first kappa shape index (κ1) is 16.6. The van der Waals surface area contributed by atoms with Gasteiger partial charge in [-0.1, -0.05) is 6.07 Å². The van der Waals surface area contributed by atoms with Gasteiger partial charge in [-0.2, -0.15) is 13.2 Å². The smallest absolute Gasteiger partial charge is 0.411 e. The Balaban J connectivity index is 2.27. The molecule has 0 amide bonds. The molecular weight excluding hydrogens is 275 g/mol. The van der Waals surface area contributed by atoms with Gasteiger partial charge in [0.2, 0.25) is 0 Å². The van der Waals surface area contributed by atoms with Gasteiger partial charge in [0.25, 0.3) is 0 Å². The van der Waals surface area contributed by atoms with Gasteiger partial charge in [-0.15, -0.1) is 0 Å². The van der Waals surface area contributed by atoms with Crippen LogP contribution >= 0.6 is 0 Å². The summed E-state index contributed by atoms with van der Waals surface area (Å²) in [5, 5.41) is 12.5. The SMILES string of the molecule is CCOc1cc(CNCCOCC(F)(F)F)ccc1O. The van der Waals surface area contributed by atoms with Crippen LogP contribution in [0.4, 0.5) is 13.2 Å². The van der Waals surface area contributed by atoms with Crippen LogP contribution in [-0.4, -0.2) is 37.6 Å². The highest BCUT2D eigenvalue weighted by atomic mass is 19.4. The minimum Gasteiger partial charge on any atom is -0.504 e. The molecule has 114 valence electrons. The van der Waals surface area contributed by atoms with Crippen molar-refractivity contribution in [3.05, 3.63) is 23.8 Å². The summed E-state index contributed by atoms with van der Waals surface area (Å²) < 4.78 is 45.1. The Kier molecular flexibility index (Phi) is 6.60. The number of aromatic hydroxyl groups is 1. The van der Waals surface area contributed by atoms with E-state index in [9.17, 15) is 18.3 Å². The largest absolute Gasteiger partial charge is 0.504 e. The van der Waals surface area contributed by atoms with Crippen molar-refractivity contribution in [3.8, 4) is 11.5 Å². The van der Waals surface area contributed by atoms with Crippen molar-refractivity contribution < 1.29 is 27.8 Å². The highest BCUT2D eigenvalue weighted by Gasteiger charge is 2.27. The number of halogens is 3. The zero-order valence-electron chi connectivity index (χ0n) is 11.2. The van der Waals surface area contributed by atoms with E-state index in [0.29, 0.717) is 25.4 Å². The van der Waals surface area contributed by atoms with Crippen molar-refractivity contribution in [3.63, 3.8) is 0 Å². The van der Waals surface area contributed by atoms with Crippen LogP contribution < -0.4 is 10.1 Å². The molecule has 0 aromatic heterocycles. The summed E-state index contributed by atoms with van der Waals surface area (Å²) in [5.74, 6) is 0.448. The summed E-state index contributed by atoms with van der Waals surface area (Å²) >= 11 is 0. The molecule has 1 aromatic rings. The Morgan fingerprint density at radius 2 is 2.05 bits per heavy atom. The number of ether oxygens (including phenoxy) is 2. The molecule has 7 heteroatoms. The normalized spacial score (nSPS) is 11.6. The average Bonchev–Trinajstić information content (AvgIpc) is 2.36. The Bertz CT molecular complexity index is 410. The molecule has 20 heavy (non-hydrogen) atoms. The lowest BCUT2D eigenvalue weighted by Gasteiger charge is -2.10. The van der Waals surface area contributed by atoms with Gasteiger partial charge in [-0.3, -0.25) is 0 Å². The van der Waals surface area contributed by atoms with E-state index < -0.39 is 12.8 Å². The lowest BCUT2D eigenvalue weighted by Crippen LogP contribution is -2.23. The summed E-state index contributed by atoms with van der Waals surface area (Å²) in [6.45, 7) is 1.76. The van der Waals surface area contributed by atoms with E-state index in [4.69, 9.17) is 4.74 Å². The number of rotatable bonds is 8. The van der Waals surface area contributed by atoms with Crippen molar-refractivity contribution >= 4 is 0 Å². The Labute approximate surface area is 115 Å². The van der Waals surface area contributed by atoms with Crippen LogP contribution in [0.2, 0.25) is 0 Å². The van der Waals surface area contributed by atoms with E-state index in [1.54, 1.807) is 12.1 Å². The molecule has 0 aliphatic rings. The third kappa shape index (κ3) is 6.63. The molecule has 0 unspecified atom stereocenters. The van der Waals surface area contributed by atoms with Crippen LogP contribution in [0.1, 0.15) is 12.5 Å². The van der Waals surface area contributed by atoms with Crippen molar-refractivity contribution in [1.29, 1.82) is 0 Å². The van der Waals surface area contributed by atoms with Crippen LogP contribution in [0, 0.1) is 0 Å². The monoisotopic (exact) mass is 293 g/mol. The number of alkyl halides is 3. The fourth-order valence-electron chi connectivity index (χ4n) is 1.50. The molecule has 0 saturated carbocycles. The molecule has 0 bridgehead atoms. The first-order chi connectivity index (χ1) is 9.42. The lowest BCUT2D eigenvalue weighted by molar-refractivity contribution is -0.173. The van der Waals surface area contributed by atoms with Crippen LogP contribution in [-0.2, 0) is 11.3 Å².